The van der Waals surface area contributed by atoms with Gasteiger partial charge in [-0.15, -0.1) is 0 Å². The Morgan fingerprint density at radius 2 is 1.40 bits per heavy atom. The SMILES string of the molecule is C=CC(=O)N1CN(C(=O)C=C)C(O)C1O. The molecule has 1 fully saturated rings. The summed E-state index contributed by atoms with van der Waals surface area (Å²) in [6, 6.07) is 0. The summed E-state index contributed by atoms with van der Waals surface area (Å²) in [5, 5.41) is 18.9. The van der Waals surface area contributed by atoms with Crippen molar-refractivity contribution in [2.45, 2.75) is 12.5 Å². The zero-order chi connectivity index (χ0) is 11.6. The van der Waals surface area contributed by atoms with Crippen LogP contribution in [0.3, 0.4) is 0 Å². The van der Waals surface area contributed by atoms with E-state index in [2.05, 4.69) is 13.2 Å². The van der Waals surface area contributed by atoms with Crippen molar-refractivity contribution in [3.05, 3.63) is 25.3 Å². The van der Waals surface area contributed by atoms with Crippen LogP contribution in [0.4, 0.5) is 0 Å². The maximum Gasteiger partial charge on any atom is 0.249 e. The summed E-state index contributed by atoms with van der Waals surface area (Å²) in [5.41, 5.74) is 0. The molecule has 15 heavy (non-hydrogen) atoms. The van der Waals surface area contributed by atoms with Crippen LogP contribution in [0, 0.1) is 0 Å². The van der Waals surface area contributed by atoms with Crippen molar-refractivity contribution in [1.29, 1.82) is 0 Å². The van der Waals surface area contributed by atoms with E-state index in [1.165, 1.54) is 0 Å². The van der Waals surface area contributed by atoms with E-state index in [0.717, 1.165) is 22.0 Å². The Balaban J connectivity index is 2.84. The van der Waals surface area contributed by atoms with Gasteiger partial charge in [-0.05, 0) is 12.2 Å². The summed E-state index contributed by atoms with van der Waals surface area (Å²) in [6.07, 6.45) is -0.867. The van der Waals surface area contributed by atoms with Crippen molar-refractivity contribution in [3.8, 4) is 0 Å². The second kappa shape index (κ2) is 4.24. The molecule has 1 rings (SSSR count). The van der Waals surface area contributed by atoms with Crippen molar-refractivity contribution < 1.29 is 19.8 Å². The Hall–Kier alpha value is -1.66. The van der Waals surface area contributed by atoms with Crippen molar-refractivity contribution in [3.63, 3.8) is 0 Å². The highest BCUT2D eigenvalue weighted by Gasteiger charge is 2.41. The third-order valence-corrected chi connectivity index (χ3v) is 2.13. The van der Waals surface area contributed by atoms with Crippen molar-refractivity contribution >= 4 is 11.8 Å². The molecule has 0 radical (unpaired) electrons. The lowest BCUT2D eigenvalue weighted by atomic mass is 10.4. The predicted molar refractivity (Wildman–Crippen MR) is 51.0 cm³/mol. The Bertz CT molecular complexity index is 285. The van der Waals surface area contributed by atoms with Crippen molar-refractivity contribution in [2.75, 3.05) is 6.67 Å². The third-order valence-electron chi connectivity index (χ3n) is 2.13. The van der Waals surface area contributed by atoms with E-state index in [-0.39, 0.29) is 6.67 Å². The smallest absolute Gasteiger partial charge is 0.249 e. The molecule has 1 saturated heterocycles. The normalized spacial score (nSPS) is 25.2. The van der Waals surface area contributed by atoms with E-state index < -0.39 is 24.3 Å². The largest absolute Gasteiger partial charge is 0.369 e. The van der Waals surface area contributed by atoms with Crippen molar-refractivity contribution in [2.24, 2.45) is 0 Å². The Labute approximate surface area is 86.7 Å². The molecule has 2 amide bonds. The first kappa shape index (κ1) is 11.4. The number of nitrogens with zero attached hydrogens (tertiary/aromatic N) is 2. The van der Waals surface area contributed by atoms with Crippen LogP contribution in [0.1, 0.15) is 0 Å². The summed E-state index contributed by atoms with van der Waals surface area (Å²) in [7, 11) is 0. The number of hydrogen-bond acceptors (Lipinski definition) is 4. The molecule has 0 aromatic rings. The van der Waals surface area contributed by atoms with Gasteiger partial charge in [-0.2, -0.15) is 0 Å². The molecule has 6 heteroatoms. The minimum Gasteiger partial charge on any atom is -0.369 e. The topological polar surface area (TPSA) is 81.1 Å². The second-order valence-corrected chi connectivity index (χ2v) is 2.99. The van der Waals surface area contributed by atoms with E-state index in [1.807, 2.05) is 0 Å². The summed E-state index contributed by atoms with van der Waals surface area (Å²) < 4.78 is 0. The van der Waals surface area contributed by atoms with Gasteiger partial charge in [0, 0.05) is 0 Å². The average Bonchev–Trinajstić information content (AvgIpc) is 2.54. The van der Waals surface area contributed by atoms with E-state index in [9.17, 15) is 19.8 Å². The lowest BCUT2D eigenvalue weighted by molar-refractivity contribution is -0.140. The van der Waals surface area contributed by atoms with Crippen LogP contribution < -0.4 is 0 Å². The second-order valence-electron chi connectivity index (χ2n) is 2.99. The van der Waals surface area contributed by atoms with Gasteiger partial charge in [0.1, 0.15) is 6.67 Å². The minimum atomic E-state index is -1.43. The summed E-state index contributed by atoms with van der Waals surface area (Å²) in [4.78, 5) is 24.3. The molecule has 2 N–H and O–H groups in total. The van der Waals surface area contributed by atoms with Crippen LogP contribution in [-0.4, -0.2) is 51.0 Å². The summed E-state index contributed by atoms with van der Waals surface area (Å²) >= 11 is 0. The van der Waals surface area contributed by atoms with Gasteiger partial charge in [0.2, 0.25) is 11.8 Å². The van der Waals surface area contributed by atoms with E-state index in [4.69, 9.17) is 0 Å². The van der Waals surface area contributed by atoms with Crippen LogP contribution in [0.15, 0.2) is 25.3 Å². The lowest BCUT2D eigenvalue weighted by Crippen LogP contribution is -2.39. The standard InChI is InChI=1S/C9H12N2O4/c1-3-6(12)10-5-11(7(13)4-2)9(15)8(10)14/h3-4,8-9,14-15H,1-2,5H2. The van der Waals surface area contributed by atoms with E-state index in [0.29, 0.717) is 0 Å². The van der Waals surface area contributed by atoms with Gasteiger partial charge in [0.15, 0.2) is 12.5 Å². The molecule has 1 aliphatic heterocycles. The van der Waals surface area contributed by atoms with Crippen LogP contribution in [0.5, 0.6) is 0 Å². The van der Waals surface area contributed by atoms with Gasteiger partial charge < -0.3 is 10.2 Å². The number of hydrogen-bond donors (Lipinski definition) is 2. The first-order valence-corrected chi connectivity index (χ1v) is 4.25. The first-order valence-electron chi connectivity index (χ1n) is 4.25. The zero-order valence-electron chi connectivity index (χ0n) is 8.04. The Kier molecular flexibility index (Phi) is 3.23. The fourth-order valence-corrected chi connectivity index (χ4v) is 1.29. The number of carbonyl (C=O) groups excluding carboxylic acids is 2. The fraction of sp³-hybridized carbons (Fsp3) is 0.333. The molecular weight excluding hydrogens is 200 g/mol. The number of aliphatic hydroxyl groups excluding tert-OH is 2. The van der Waals surface area contributed by atoms with Gasteiger partial charge in [-0.3, -0.25) is 19.4 Å². The quantitative estimate of drug-likeness (QED) is 0.553. The summed E-state index contributed by atoms with van der Waals surface area (Å²) in [5.74, 6) is -1.11. The highest BCUT2D eigenvalue weighted by atomic mass is 16.4. The highest BCUT2D eigenvalue weighted by Crippen LogP contribution is 2.17. The van der Waals surface area contributed by atoms with Gasteiger partial charge in [-0.1, -0.05) is 13.2 Å². The van der Waals surface area contributed by atoms with E-state index in [1.54, 1.807) is 0 Å². The minimum absolute atomic E-state index is 0.182. The molecule has 1 aliphatic rings. The van der Waals surface area contributed by atoms with Gasteiger partial charge >= 0.3 is 0 Å². The highest BCUT2D eigenvalue weighted by molar-refractivity contribution is 5.90. The molecule has 0 aromatic heterocycles. The van der Waals surface area contributed by atoms with Crippen LogP contribution in [0.25, 0.3) is 0 Å². The Morgan fingerprint density at radius 3 is 1.67 bits per heavy atom. The van der Waals surface area contributed by atoms with Gasteiger partial charge in [0.25, 0.3) is 0 Å². The fourth-order valence-electron chi connectivity index (χ4n) is 1.29. The van der Waals surface area contributed by atoms with Crippen LogP contribution in [-0.2, 0) is 9.59 Å². The van der Waals surface area contributed by atoms with Gasteiger partial charge in [0.05, 0.1) is 0 Å². The number of amides is 2. The Morgan fingerprint density at radius 1 is 1.07 bits per heavy atom. The number of carbonyl (C=O) groups is 2. The molecule has 6 nitrogen and oxygen atoms in total. The molecule has 2 atom stereocenters. The first-order chi connectivity index (χ1) is 7.02. The molecule has 0 aromatic carbocycles. The maximum absolute atomic E-state index is 11.2. The van der Waals surface area contributed by atoms with Crippen molar-refractivity contribution in [1.82, 2.24) is 9.80 Å². The molecule has 1 heterocycles. The molecule has 0 saturated carbocycles. The average molecular weight is 212 g/mol. The molecule has 0 bridgehead atoms. The molecule has 0 spiro atoms. The predicted octanol–water partition coefficient (Wildman–Crippen LogP) is -1.38. The summed E-state index contributed by atoms with van der Waals surface area (Å²) in [6.45, 7) is 6.31. The number of aliphatic hydroxyl groups is 2. The maximum atomic E-state index is 11.2. The molecule has 0 aliphatic carbocycles. The molecule has 82 valence electrons. The number of rotatable bonds is 2. The monoisotopic (exact) mass is 212 g/mol. The third kappa shape index (κ3) is 1.90. The molecule has 2 unspecified atom stereocenters. The molecular formula is C9H12N2O4. The zero-order valence-corrected chi connectivity index (χ0v) is 8.04. The van der Waals surface area contributed by atoms with Gasteiger partial charge in [-0.25, -0.2) is 0 Å². The lowest BCUT2D eigenvalue weighted by Gasteiger charge is -2.17. The van der Waals surface area contributed by atoms with E-state index >= 15 is 0 Å². The van der Waals surface area contributed by atoms with Crippen LogP contribution in [0.2, 0.25) is 0 Å². The van der Waals surface area contributed by atoms with Crippen LogP contribution >= 0.6 is 0 Å².